The van der Waals surface area contributed by atoms with Gasteiger partial charge >= 0.3 is 5.97 Å². The van der Waals surface area contributed by atoms with E-state index in [1.165, 1.54) is 16.9 Å². The van der Waals surface area contributed by atoms with Gasteiger partial charge in [-0.15, -0.1) is 11.3 Å². The van der Waals surface area contributed by atoms with E-state index in [1.807, 2.05) is 54.6 Å². The quantitative estimate of drug-likeness (QED) is 0.179. The maximum Gasteiger partial charge on any atom is 0.303 e. The van der Waals surface area contributed by atoms with Crippen LogP contribution < -0.4 is 0 Å². The van der Waals surface area contributed by atoms with Gasteiger partial charge in [-0.05, 0) is 72.7 Å². The van der Waals surface area contributed by atoms with Crippen molar-refractivity contribution in [3.63, 3.8) is 0 Å². The van der Waals surface area contributed by atoms with Crippen LogP contribution in [-0.4, -0.2) is 22.7 Å². The number of nitrogens with zero attached hydrogens (tertiary/aromatic N) is 1. The van der Waals surface area contributed by atoms with Gasteiger partial charge in [0, 0.05) is 9.89 Å². The molecule has 38 heavy (non-hydrogen) atoms. The first kappa shape index (κ1) is 27.4. The molecule has 4 aromatic rings. The number of rotatable bonds is 11. The van der Waals surface area contributed by atoms with Gasteiger partial charge in [0.1, 0.15) is 9.85 Å². The first-order chi connectivity index (χ1) is 18.3. The molecule has 2 heterocycles. The molecular formula is C30H26BrCl2NO3S. The Labute approximate surface area is 244 Å². The predicted molar refractivity (Wildman–Crippen MR) is 160 cm³/mol. The lowest BCUT2D eigenvalue weighted by Gasteiger charge is -2.22. The van der Waals surface area contributed by atoms with Gasteiger partial charge in [-0.2, -0.15) is 0 Å². The second-order valence-electron chi connectivity index (χ2n) is 9.78. The summed E-state index contributed by atoms with van der Waals surface area (Å²) < 4.78 is 9.05. The van der Waals surface area contributed by atoms with Crippen LogP contribution in [0.15, 0.2) is 65.1 Å². The Morgan fingerprint density at radius 1 is 1.13 bits per heavy atom. The number of hydrogen-bond donors (Lipinski definition) is 1. The molecule has 0 aliphatic heterocycles. The summed E-state index contributed by atoms with van der Waals surface area (Å²) in [5.74, 6) is -0.763. The molecule has 0 spiro atoms. The molecule has 196 valence electrons. The number of benzene rings is 2. The Morgan fingerprint density at radius 3 is 2.71 bits per heavy atom. The normalized spacial score (nSPS) is 15.2. The van der Waals surface area contributed by atoms with Crippen molar-refractivity contribution in [3.8, 4) is 0 Å². The van der Waals surface area contributed by atoms with Crippen molar-refractivity contribution in [3.05, 3.63) is 96.9 Å². The van der Waals surface area contributed by atoms with E-state index in [0.717, 1.165) is 51.7 Å². The Hall–Kier alpha value is -2.22. The maximum absolute atomic E-state index is 11.4. The van der Waals surface area contributed by atoms with Crippen molar-refractivity contribution >= 4 is 78.8 Å². The van der Waals surface area contributed by atoms with Crippen molar-refractivity contribution in [1.82, 2.24) is 4.98 Å². The molecular weight excluding hydrogens is 605 g/mol. The van der Waals surface area contributed by atoms with E-state index in [0.29, 0.717) is 21.5 Å². The minimum absolute atomic E-state index is 0.150. The van der Waals surface area contributed by atoms with Gasteiger partial charge in [-0.25, -0.2) is 4.98 Å². The lowest BCUT2D eigenvalue weighted by molar-refractivity contribution is -0.139. The molecule has 1 unspecified atom stereocenters. The van der Waals surface area contributed by atoms with Crippen molar-refractivity contribution < 1.29 is 14.6 Å². The summed E-state index contributed by atoms with van der Waals surface area (Å²) in [5, 5.41) is 9.82. The largest absolute Gasteiger partial charge is 0.481 e. The summed E-state index contributed by atoms with van der Waals surface area (Å²) in [6.07, 6.45) is 7.42. The molecule has 5 rings (SSSR count). The van der Waals surface area contributed by atoms with Gasteiger partial charge in [0.2, 0.25) is 0 Å². The number of aryl methyl sites for hydroxylation is 1. The van der Waals surface area contributed by atoms with Crippen LogP contribution in [0.2, 0.25) is 9.36 Å². The third-order valence-electron chi connectivity index (χ3n) is 6.90. The molecule has 4 nitrogen and oxygen atoms in total. The number of ether oxygens (including phenoxy) is 1. The van der Waals surface area contributed by atoms with Crippen molar-refractivity contribution in [2.24, 2.45) is 5.41 Å². The van der Waals surface area contributed by atoms with E-state index in [9.17, 15) is 9.90 Å². The minimum Gasteiger partial charge on any atom is -0.481 e. The molecule has 2 aromatic carbocycles. The number of hydrogen-bond acceptors (Lipinski definition) is 4. The number of carboxylic acid groups (broad SMARTS) is 1. The summed E-state index contributed by atoms with van der Waals surface area (Å²) in [4.78, 5) is 16.0. The average Bonchev–Trinajstić information content (AvgIpc) is 3.60. The summed E-state index contributed by atoms with van der Waals surface area (Å²) in [6.45, 7) is 0.452. The second kappa shape index (κ2) is 11.9. The first-order valence-corrected chi connectivity index (χ1v) is 14.8. The third-order valence-corrected chi connectivity index (χ3v) is 9.60. The van der Waals surface area contributed by atoms with Crippen molar-refractivity contribution in [1.29, 1.82) is 0 Å². The second-order valence-corrected chi connectivity index (χ2v) is 12.7. The highest BCUT2D eigenvalue weighted by Gasteiger charge is 2.45. The Morgan fingerprint density at radius 2 is 1.95 bits per heavy atom. The average molecular weight is 631 g/mol. The zero-order valence-electron chi connectivity index (χ0n) is 20.5. The van der Waals surface area contributed by atoms with Gasteiger partial charge in [0.15, 0.2) is 0 Å². The van der Waals surface area contributed by atoms with Crippen LogP contribution in [0.4, 0.5) is 0 Å². The standard InChI is InChI=1S/C30H26BrCl2NO3S/c31-23-7-2-1-5-20(23)9-12-24(37-18-30(14-15-30)17-26(35)36)21-6-3-4-19(16-21)8-10-22-11-13-25-28(34-22)27(32)29(33)38-25/h1-8,10-11,13,16,24H,9,12,14-15,17-18H2,(H,35,36). The molecule has 1 fully saturated rings. The van der Waals surface area contributed by atoms with Crippen LogP contribution in [0.3, 0.4) is 0 Å². The van der Waals surface area contributed by atoms with Crippen molar-refractivity contribution in [2.75, 3.05) is 6.61 Å². The van der Waals surface area contributed by atoms with E-state index in [1.54, 1.807) is 0 Å². The fraction of sp³-hybridized carbons (Fsp3) is 0.267. The first-order valence-electron chi connectivity index (χ1n) is 12.4. The van der Waals surface area contributed by atoms with E-state index in [4.69, 9.17) is 27.9 Å². The lowest BCUT2D eigenvalue weighted by atomic mass is 9.98. The molecule has 1 N–H and O–H groups in total. The SMILES string of the molecule is O=C(O)CC1(COC(CCc2ccccc2Br)c2cccc(C=Cc3ccc4sc(Cl)c(Cl)c4n3)c2)CC1. The fourth-order valence-corrected chi connectivity index (χ4v) is 6.45. The topological polar surface area (TPSA) is 59.4 Å². The number of halogens is 3. The van der Waals surface area contributed by atoms with E-state index < -0.39 is 5.97 Å². The van der Waals surface area contributed by atoms with Crippen LogP contribution in [0.5, 0.6) is 0 Å². The Bertz CT molecular complexity index is 1500. The molecule has 0 radical (unpaired) electrons. The zero-order chi connectivity index (χ0) is 26.7. The Balaban J connectivity index is 1.35. The minimum atomic E-state index is -0.763. The zero-order valence-corrected chi connectivity index (χ0v) is 24.4. The molecule has 1 saturated carbocycles. The number of aliphatic carboxylic acids is 1. The van der Waals surface area contributed by atoms with E-state index in [-0.39, 0.29) is 17.9 Å². The van der Waals surface area contributed by atoms with Gasteiger partial charge in [0.25, 0.3) is 0 Å². The molecule has 8 heteroatoms. The van der Waals surface area contributed by atoms with Gasteiger partial charge in [0.05, 0.1) is 34.5 Å². The van der Waals surface area contributed by atoms with Crippen LogP contribution in [0, 0.1) is 5.41 Å². The van der Waals surface area contributed by atoms with Crippen LogP contribution >= 0.6 is 50.5 Å². The fourth-order valence-electron chi connectivity index (χ4n) is 4.55. The number of aromatic nitrogens is 1. The number of fused-ring (bicyclic) bond motifs is 1. The summed E-state index contributed by atoms with van der Waals surface area (Å²) in [6, 6.07) is 20.4. The highest BCUT2D eigenvalue weighted by molar-refractivity contribution is 9.10. The lowest BCUT2D eigenvalue weighted by Crippen LogP contribution is -2.18. The summed E-state index contributed by atoms with van der Waals surface area (Å²) >= 11 is 17.5. The smallest absolute Gasteiger partial charge is 0.303 e. The molecule has 2 aromatic heterocycles. The van der Waals surface area contributed by atoms with Gasteiger partial charge in [-0.1, -0.05) is 81.6 Å². The van der Waals surface area contributed by atoms with Crippen LogP contribution in [0.1, 0.15) is 54.2 Å². The molecule has 0 bridgehead atoms. The number of carbonyl (C=O) groups is 1. The van der Waals surface area contributed by atoms with Crippen LogP contribution in [-0.2, 0) is 16.0 Å². The summed E-state index contributed by atoms with van der Waals surface area (Å²) in [5.41, 5.74) is 4.60. The summed E-state index contributed by atoms with van der Waals surface area (Å²) in [7, 11) is 0. The maximum atomic E-state index is 11.4. The highest BCUT2D eigenvalue weighted by atomic mass is 79.9. The monoisotopic (exact) mass is 629 g/mol. The molecule has 0 saturated heterocycles. The third kappa shape index (κ3) is 6.67. The molecule has 1 atom stereocenters. The Kier molecular flexibility index (Phi) is 8.56. The number of pyridine rings is 1. The van der Waals surface area contributed by atoms with Crippen LogP contribution in [0.25, 0.3) is 22.4 Å². The van der Waals surface area contributed by atoms with E-state index >= 15 is 0 Å². The van der Waals surface area contributed by atoms with Gasteiger partial charge < -0.3 is 9.84 Å². The molecule has 1 aliphatic carbocycles. The predicted octanol–water partition coefficient (Wildman–Crippen LogP) is 9.48. The van der Waals surface area contributed by atoms with Crippen molar-refractivity contribution in [2.45, 2.75) is 38.2 Å². The molecule has 0 amide bonds. The number of carboxylic acids is 1. The number of thiophene rings is 1. The molecule has 1 aliphatic rings. The van der Waals surface area contributed by atoms with E-state index in [2.05, 4.69) is 39.1 Å². The van der Waals surface area contributed by atoms with Gasteiger partial charge in [-0.3, -0.25) is 4.79 Å². The highest BCUT2D eigenvalue weighted by Crippen LogP contribution is 2.50.